The number of benzene rings is 2. The zero-order valence-corrected chi connectivity index (χ0v) is 16.2. The summed E-state index contributed by atoms with van der Waals surface area (Å²) in [6.45, 7) is 4.21. The van der Waals surface area contributed by atoms with E-state index in [4.69, 9.17) is 9.47 Å². The van der Waals surface area contributed by atoms with E-state index in [1.54, 1.807) is 0 Å². The largest absolute Gasteiger partial charge is 0.454 e. The fourth-order valence-electron chi connectivity index (χ4n) is 4.04. The third-order valence-electron chi connectivity index (χ3n) is 5.59. The second-order valence-electron chi connectivity index (χ2n) is 7.53. The molecule has 1 N–H and O–H groups in total. The number of piperidine rings is 1. The first-order valence-electron chi connectivity index (χ1n) is 10.2. The lowest BCUT2D eigenvalue weighted by Crippen LogP contribution is -2.38. The molecule has 2 aliphatic heterocycles. The molecule has 1 saturated heterocycles. The van der Waals surface area contributed by atoms with Crippen molar-refractivity contribution < 1.29 is 14.3 Å². The summed E-state index contributed by atoms with van der Waals surface area (Å²) in [5.41, 5.74) is 2.20. The lowest BCUT2D eigenvalue weighted by molar-refractivity contribution is -0.121. The lowest BCUT2D eigenvalue weighted by atomic mass is 9.88. The minimum atomic E-state index is -0.00862. The monoisotopic (exact) mass is 380 g/mol. The van der Waals surface area contributed by atoms with Crippen LogP contribution in [0.1, 0.15) is 42.7 Å². The van der Waals surface area contributed by atoms with Crippen molar-refractivity contribution in [2.75, 3.05) is 33.0 Å². The fraction of sp³-hybridized carbons (Fsp3) is 0.435. The van der Waals surface area contributed by atoms with Crippen molar-refractivity contribution in [2.24, 2.45) is 0 Å². The normalized spacial score (nSPS) is 17.3. The van der Waals surface area contributed by atoms with Gasteiger partial charge in [-0.05, 0) is 49.2 Å². The summed E-state index contributed by atoms with van der Waals surface area (Å²) in [6.07, 6.45) is 4.29. The van der Waals surface area contributed by atoms with Crippen molar-refractivity contribution in [3.63, 3.8) is 0 Å². The summed E-state index contributed by atoms with van der Waals surface area (Å²) in [6, 6.07) is 16.2. The number of fused-ring (bicyclic) bond motifs is 1. The van der Waals surface area contributed by atoms with Gasteiger partial charge in [-0.25, -0.2) is 0 Å². The van der Waals surface area contributed by atoms with Gasteiger partial charge in [0.2, 0.25) is 12.7 Å². The second-order valence-corrected chi connectivity index (χ2v) is 7.53. The van der Waals surface area contributed by atoms with Crippen molar-refractivity contribution >= 4 is 5.91 Å². The molecule has 0 unspecified atom stereocenters. The van der Waals surface area contributed by atoms with Crippen LogP contribution in [0, 0.1) is 0 Å². The Kier molecular flexibility index (Phi) is 6.12. The predicted molar refractivity (Wildman–Crippen MR) is 109 cm³/mol. The van der Waals surface area contributed by atoms with Gasteiger partial charge in [0.25, 0.3) is 0 Å². The fourth-order valence-corrected chi connectivity index (χ4v) is 4.04. The SMILES string of the molecule is O=C(C[C@H](c1ccccc1)c1ccc2c(c1)OCO2)NCCN1CCCCC1. The highest BCUT2D eigenvalue weighted by Crippen LogP contribution is 2.37. The van der Waals surface area contributed by atoms with Gasteiger partial charge in [0.1, 0.15) is 0 Å². The summed E-state index contributed by atoms with van der Waals surface area (Å²) in [5.74, 6) is 1.60. The summed E-state index contributed by atoms with van der Waals surface area (Å²) in [7, 11) is 0. The van der Waals surface area contributed by atoms with Crippen LogP contribution < -0.4 is 14.8 Å². The number of nitrogens with one attached hydrogen (secondary N) is 1. The maximum Gasteiger partial charge on any atom is 0.231 e. The van der Waals surface area contributed by atoms with E-state index in [1.165, 1.54) is 19.3 Å². The van der Waals surface area contributed by atoms with Crippen molar-refractivity contribution in [2.45, 2.75) is 31.6 Å². The zero-order chi connectivity index (χ0) is 19.2. The number of rotatable bonds is 7. The van der Waals surface area contributed by atoms with E-state index in [0.29, 0.717) is 13.0 Å². The van der Waals surface area contributed by atoms with E-state index in [0.717, 1.165) is 42.3 Å². The third kappa shape index (κ3) is 4.65. The number of carbonyl (C=O) groups is 1. The van der Waals surface area contributed by atoms with E-state index in [2.05, 4.69) is 22.3 Å². The van der Waals surface area contributed by atoms with Crippen LogP contribution in [0.3, 0.4) is 0 Å². The number of hydrogen-bond donors (Lipinski definition) is 1. The third-order valence-corrected chi connectivity index (χ3v) is 5.59. The minimum Gasteiger partial charge on any atom is -0.454 e. The number of amides is 1. The molecule has 0 aliphatic carbocycles. The molecule has 2 aromatic rings. The van der Waals surface area contributed by atoms with Crippen molar-refractivity contribution in [1.29, 1.82) is 0 Å². The number of hydrogen-bond acceptors (Lipinski definition) is 4. The smallest absolute Gasteiger partial charge is 0.231 e. The highest BCUT2D eigenvalue weighted by atomic mass is 16.7. The molecule has 0 spiro atoms. The molecule has 1 fully saturated rings. The van der Waals surface area contributed by atoms with Crippen LogP contribution in [0.5, 0.6) is 11.5 Å². The Morgan fingerprint density at radius 1 is 0.964 bits per heavy atom. The summed E-state index contributed by atoms with van der Waals surface area (Å²) >= 11 is 0. The van der Waals surface area contributed by atoms with Gasteiger partial charge in [-0.1, -0.05) is 42.8 Å². The van der Waals surface area contributed by atoms with Crippen LogP contribution in [-0.2, 0) is 4.79 Å². The van der Waals surface area contributed by atoms with Crippen LogP contribution in [0.25, 0.3) is 0 Å². The van der Waals surface area contributed by atoms with Crippen molar-refractivity contribution in [3.05, 3.63) is 59.7 Å². The Labute approximate surface area is 166 Å². The highest BCUT2D eigenvalue weighted by molar-refractivity contribution is 5.77. The van der Waals surface area contributed by atoms with Crippen LogP contribution >= 0.6 is 0 Å². The molecule has 0 saturated carbocycles. The number of ether oxygens (including phenoxy) is 2. The molecule has 5 heteroatoms. The first kappa shape index (κ1) is 18.8. The molecule has 1 amide bonds. The molecule has 0 bridgehead atoms. The highest BCUT2D eigenvalue weighted by Gasteiger charge is 2.22. The van der Waals surface area contributed by atoms with Crippen molar-refractivity contribution in [1.82, 2.24) is 10.2 Å². The molecule has 0 radical (unpaired) electrons. The van der Waals surface area contributed by atoms with Gasteiger partial charge in [0.05, 0.1) is 0 Å². The van der Waals surface area contributed by atoms with Gasteiger partial charge in [0, 0.05) is 25.4 Å². The van der Waals surface area contributed by atoms with Gasteiger partial charge in [-0.2, -0.15) is 0 Å². The molecule has 1 atom stereocenters. The standard InChI is InChI=1S/C23H28N2O3/c26-23(24-11-14-25-12-5-2-6-13-25)16-20(18-7-3-1-4-8-18)19-9-10-21-22(15-19)28-17-27-21/h1,3-4,7-10,15,20H,2,5-6,11-14,16-17H2,(H,24,26)/t20-/m1/s1. The quantitative estimate of drug-likeness (QED) is 0.798. The summed E-state index contributed by atoms with van der Waals surface area (Å²) in [5, 5.41) is 3.12. The Balaban J connectivity index is 1.41. The molecule has 0 aromatic heterocycles. The predicted octanol–water partition coefficient (Wildman–Crippen LogP) is 3.54. The van der Waals surface area contributed by atoms with Crippen LogP contribution in [-0.4, -0.2) is 43.8 Å². The van der Waals surface area contributed by atoms with Gasteiger partial charge in [0.15, 0.2) is 11.5 Å². The van der Waals surface area contributed by atoms with Gasteiger partial charge < -0.3 is 19.7 Å². The van der Waals surface area contributed by atoms with Gasteiger partial charge in [-0.3, -0.25) is 4.79 Å². The first-order valence-corrected chi connectivity index (χ1v) is 10.2. The maximum atomic E-state index is 12.7. The van der Waals surface area contributed by atoms with E-state index in [1.807, 2.05) is 36.4 Å². The van der Waals surface area contributed by atoms with E-state index < -0.39 is 0 Å². The average Bonchev–Trinajstić information content (AvgIpc) is 3.21. The zero-order valence-electron chi connectivity index (χ0n) is 16.2. The topological polar surface area (TPSA) is 50.8 Å². The molecular weight excluding hydrogens is 352 g/mol. The summed E-state index contributed by atoms with van der Waals surface area (Å²) in [4.78, 5) is 15.1. The molecule has 5 nitrogen and oxygen atoms in total. The van der Waals surface area contributed by atoms with Crippen LogP contribution in [0.2, 0.25) is 0 Å². The molecular formula is C23H28N2O3. The lowest BCUT2D eigenvalue weighted by Gasteiger charge is -2.26. The number of likely N-dealkylation sites (tertiary alicyclic amines) is 1. The second kappa shape index (κ2) is 9.11. The Morgan fingerprint density at radius 3 is 2.57 bits per heavy atom. The number of carbonyl (C=O) groups excluding carboxylic acids is 1. The molecule has 148 valence electrons. The van der Waals surface area contributed by atoms with Gasteiger partial charge in [-0.15, -0.1) is 0 Å². The summed E-state index contributed by atoms with van der Waals surface area (Å²) < 4.78 is 11.0. The maximum absolute atomic E-state index is 12.7. The molecule has 2 heterocycles. The molecule has 2 aliphatic rings. The first-order chi connectivity index (χ1) is 13.8. The Morgan fingerprint density at radius 2 is 1.75 bits per heavy atom. The molecule has 2 aromatic carbocycles. The number of nitrogens with zero attached hydrogens (tertiary/aromatic N) is 1. The minimum absolute atomic E-state index is 0.00862. The molecule has 28 heavy (non-hydrogen) atoms. The van der Waals surface area contributed by atoms with Gasteiger partial charge >= 0.3 is 0 Å². The van der Waals surface area contributed by atoms with E-state index >= 15 is 0 Å². The Hall–Kier alpha value is -2.53. The van der Waals surface area contributed by atoms with Crippen LogP contribution in [0.4, 0.5) is 0 Å². The van der Waals surface area contributed by atoms with E-state index in [9.17, 15) is 4.79 Å². The van der Waals surface area contributed by atoms with Crippen molar-refractivity contribution in [3.8, 4) is 11.5 Å². The molecule has 4 rings (SSSR count). The average molecular weight is 380 g/mol. The van der Waals surface area contributed by atoms with E-state index in [-0.39, 0.29) is 18.6 Å². The van der Waals surface area contributed by atoms with Crippen LogP contribution in [0.15, 0.2) is 48.5 Å². The Bertz CT molecular complexity index is 788.